The van der Waals surface area contributed by atoms with Crippen LogP contribution >= 0.6 is 0 Å². The van der Waals surface area contributed by atoms with Crippen molar-refractivity contribution in [2.45, 2.75) is 13.3 Å². The monoisotopic (exact) mass is 254 g/mol. The smallest absolute Gasteiger partial charge is 0.239 e. The van der Waals surface area contributed by atoms with E-state index in [4.69, 9.17) is 0 Å². The largest absolute Gasteiger partial charge is 0.274 e. The van der Waals surface area contributed by atoms with Crippen LogP contribution in [-0.2, 0) is 9.59 Å². The van der Waals surface area contributed by atoms with Crippen molar-refractivity contribution in [1.29, 1.82) is 0 Å². The SMILES string of the molecule is Cc1ccc(N2C(=O)[C@@H]3[C@@H](C2=O)[C@H]2C=C[C@@H]3C2)nc1. The van der Waals surface area contributed by atoms with Gasteiger partial charge in [0.05, 0.1) is 11.8 Å². The quantitative estimate of drug-likeness (QED) is 0.566. The molecule has 4 atom stereocenters. The molecule has 1 aliphatic heterocycles. The average Bonchev–Trinajstić information content (AvgIpc) is 3.06. The summed E-state index contributed by atoms with van der Waals surface area (Å²) in [5.74, 6) is 0.542. The maximum absolute atomic E-state index is 12.5. The molecule has 1 saturated carbocycles. The molecular weight excluding hydrogens is 240 g/mol. The van der Waals surface area contributed by atoms with E-state index < -0.39 is 0 Å². The number of carbonyl (C=O) groups is 2. The number of nitrogens with zero attached hydrogens (tertiary/aromatic N) is 2. The normalized spacial score (nSPS) is 35.3. The zero-order valence-electron chi connectivity index (χ0n) is 10.6. The molecule has 0 unspecified atom stereocenters. The minimum absolute atomic E-state index is 0.0665. The lowest BCUT2D eigenvalue weighted by atomic mass is 9.85. The van der Waals surface area contributed by atoms with Gasteiger partial charge in [0.15, 0.2) is 0 Å². The highest BCUT2D eigenvalue weighted by Gasteiger charge is 2.59. The summed E-state index contributed by atoms with van der Waals surface area (Å²) in [6.07, 6.45) is 6.85. The molecule has 19 heavy (non-hydrogen) atoms. The molecule has 96 valence electrons. The number of fused-ring (bicyclic) bond motifs is 5. The first-order chi connectivity index (χ1) is 9.16. The summed E-state index contributed by atoms with van der Waals surface area (Å²) < 4.78 is 0. The van der Waals surface area contributed by atoms with Crippen LogP contribution in [0.1, 0.15) is 12.0 Å². The molecule has 0 radical (unpaired) electrons. The first kappa shape index (κ1) is 10.9. The molecule has 3 aliphatic rings. The minimum Gasteiger partial charge on any atom is -0.274 e. The van der Waals surface area contributed by atoms with Crippen LogP contribution in [0.25, 0.3) is 0 Å². The highest BCUT2D eigenvalue weighted by atomic mass is 16.2. The van der Waals surface area contributed by atoms with Crippen LogP contribution in [-0.4, -0.2) is 16.8 Å². The molecule has 4 heteroatoms. The molecule has 2 heterocycles. The van der Waals surface area contributed by atoms with E-state index in [9.17, 15) is 9.59 Å². The predicted molar refractivity (Wildman–Crippen MR) is 69.2 cm³/mol. The summed E-state index contributed by atoms with van der Waals surface area (Å²) in [5.41, 5.74) is 1.02. The number of pyridine rings is 1. The van der Waals surface area contributed by atoms with E-state index in [1.165, 1.54) is 4.90 Å². The number of aromatic nitrogens is 1. The molecule has 0 N–H and O–H groups in total. The third-order valence-corrected chi connectivity index (χ3v) is 4.60. The Labute approximate surface area is 111 Å². The fourth-order valence-electron chi connectivity index (χ4n) is 3.72. The number of rotatable bonds is 1. The Kier molecular flexibility index (Phi) is 2.03. The van der Waals surface area contributed by atoms with Gasteiger partial charge in [0.1, 0.15) is 5.82 Å². The van der Waals surface area contributed by atoms with Crippen molar-refractivity contribution in [2.24, 2.45) is 23.7 Å². The molecule has 0 spiro atoms. The van der Waals surface area contributed by atoms with E-state index >= 15 is 0 Å². The number of hydrogen-bond donors (Lipinski definition) is 0. The van der Waals surface area contributed by atoms with Gasteiger partial charge in [-0.25, -0.2) is 9.88 Å². The van der Waals surface area contributed by atoms with E-state index in [0.717, 1.165) is 12.0 Å². The third kappa shape index (κ3) is 1.31. The Balaban J connectivity index is 1.74. The number of carbonyl (C=O) groups excluding carboxylic acids is 2. The Morgan fingerprint density at radius 1 is 1.11 bits per heavy atom. The Hall–Kier alpha value is -1.97. The number of imide groups is 1. The first-order valence-corrected chi connectivity index (χ1v) is 6.65. The van der Waals surface area contributed by atoms with Crippen molar-refractivity contribution in [3.05, 3.63) is 36.0 Å². The van der Waals surface area contributed by atoms with Gasteiger partial charge in [-0.2, -0.15) is 0 Å². The summed E-state index contributed by atoms with van der Waals surface area (Å²) >= 11 is 0. The van der Waals surface area contributed by atoms with Gasteiger partial charge in [-0.05, 0) is 36.8 Å². The number of allylic oxidation sites excluding steroid dienone is 2. The zero-order valence-corrected chi connectivity index (χ0v) is 10.6. The molecule has 4 nitrogen and oxygen atoms in total. The van der Waals surface area contributed by atoms with E-state index in [0.29, 0.717) is 5.82 Å². The predicted octanol–water partition coefficient (Wildman–Crippen LogP) is 1.70. The van der Waals surface area contributed by atoms with Gasteiger partial charge < -0.3 is 0 Å². The molecule has 2 aliphatic carbocycles. The van der Waals surface area contributed by atoms with Crippen LogP contribution in [0.15, 0.2) is 30.5 Å². The molecule has 2 bridgehead atoms. The van der Waals surface area contributed by atoms with Gasteiger partial charge >= 0.3 is 0 Å². The second kappa shape index (κ2) is 3.53. The van der Waals surface area contributed by atoms with Crippen molar-refractivity contribution in [2.75, 3.05) is 4.90 Å². The molecule has 4 rings (SSSR count). The van der Waals surface area contributed by atoms with Crippen molar-refractivity contribution in [1.82, 2.24) is 4.98 Å². The first-order valence-electron chi connectivity index (χ1n) is 6.65. The Bertz CT molecular complexity index is 575. The van der Waals surface area contributed by atoms with Crippen LogP contribution in [0.5, 0.6) is 0 Å². The van der Waals surface area contributed by atoms with Crippen molar-refractivity contribution in [3.63, 3.8) is 0 Å². The number of anilines is 1. The van der Waals surface area contributed by atoms with Gasteiger partial charge in [-0.15, -0.1) is 0 Å². The molecule has 2 fully saturated rings. The summed E-state index contributed by atoms with van der Waals surface area (Å²) in [5, 5.41) is 0. The summed E-state index contributed by atoms with van der Waals surface area (Å²) in [4.78, 5) is 30.5. The van der Waals surface area contributed by atoms with Crippen LogP contribution in [0.2, 0.25) is 0 Å². The standard InChI is InChI=1S/C15H14N2O2/c1-8-2-5-11(16-7-8)17-14(18)12-9-3-4-10(6-9)13(12)15(17)19/h2-5,7,9-10,12-13H,6H2,1H3/t9-,10+,12-,13-/m0/s1. The van der Waals surface area contributed by atoms with Crippen molar-refractivity contribution < 1.29 is 9.59 Å². The molecular formula is C15H14N2O2. The summed E-state index contributed by atoms with van der Waals surface area (Å²) in [6.45, 7) is 1.93. The fourth-order valence-corrected chi connectivity index (χ4v) is 3.72. The molecule has 0 aromatic carbocycles. The van der Waals surface area contributed by atoms with E-state index in [1.54, 1.807) is 12.3 Å². The lowest BCUT2D eigenvalue weighted by molar-refractivity contribution is -0.123. The van der Waals surface area contributed by atoms with E-state index in [1.807, 2.05) is 13.0 Å². The molecule has 1 aromatic rings. The molecule has 1 saturated heterocycles. The highest BCUT2D eigenvalue weighted by Crippen LogP contribution is 2.52. The highest BCUT2D eigenvalue weighted by molar-refractivity contribution is 6.22. The zero-order chi connectivity index (χ0) is 13.1. The van der Waals surface area contributed by atoms with Crippen molar-refractivity contribution >= 4 is 17.6 Å². The van der Waals surface area contributed by atoms with E-state index in [-0.39, 0.29) is 35.5 Å². The number of amides is 2. The summed E-state index contributed by atoms with van der Waals surface area (Å²) in [6, 6.07) is 3.63. The van der Waals surface area contributed by atoms with Gasteiger partial charge in [0.2, 0.25) is 11.8 Å². The van der Waals surface area contributed by atoms with Crippen LogP contribution < -0.4 is 4.90 Å². The lowest BCUT2D eigenvalue weighted by Gasteiger charge is -2.16. The Morgan fingerprint density at radius 2 is 1.74 bits per heavy atom. The van der Waals surface area contributed by atoms with Gasteiger partial charge in [-0.1, -0.05) is 18.2 Å². The third-order valence-electron chi connectivity index (χ3n) is 4.60. The average molecular weight is 254 g/mol. The summed E-state index contributed by atoms with van der Waals surface area (Å²) in [7, 11) is 0. The minimum atomic E-state index is -0.148. The second-order valence-corrected chi connectivity index (χ2v) is 5.71. The van der Waals surface area contributed by atoms with Crippen LogP contribution in [0, 0.1) is 30.6 Å². The molecule has 2 amide bonds. The van der Waals surface area contributed by atoms with E-state index in [2.05, 4.69) is 17.1 Å². The number of hydrogen-bond acceptors (Lipinski definition) is 3. The van der Waals surface area contributed by atoms with Gasteiger partial charge in [0.25, 0.3) is 0 Å². The second-order valence-electron chi connectivity index (χ2n) is 5.71. The maximum Gasteiger partial charge on any atom is 0.239 e. The van der Waals surface area contributed by atoms with Crippen molar-refractivity contribution in [3.8, 4) is 0 Å². The van der Waals surface area contributed by atoms with Crippen LogP contribution in [0.4, 0.5) is 5.82 Å². The molecule has 1 aromatic heterocycles. The van der Waals surface area contributed by atoms with Gasteiger partial charge in [0, 0.05) is 6.20 Å². The number of aryl methyl sites for hydroxylation is 1. The topological polar surface area (TPSA) is 50.3 Å². The fraction of sp³-hybridized carbons (Fsp3) is 0.400. The van der Waals surface area contributed by atoms with Gasteiger partial charge in [-0.3, -0.25) is 9.59 Å². The lowest BCUT2D eigenvalue weighted by Crippen LogP contribution is -2.33. The maximum atomic E-state index is 12.5. The Morgan fingerprint density at radius 3 is 2.26 bits per heavy atom. The van der Waals surface area contributed by atoms with Crippen LogP contribution in [0.3, 0.4) is 0 Å².